The Morgan fingerprint density at radius 1 is 0.980 bits per heavy atom. The van der Waals surface area contributed by atoms with Crippen LogP contribution in [0.2, 0.25) is 0 Å². The van der Waals surface area contributed by atoms with Gasteiger partial charge < -0.3 is 4.57 Å². The second-order valence-electron chi connectivity index (χ2n) is 14.6. The lowest BCUT2D eigenvalue weighted by Gasteiger charge is -2.33. The fraction of sp³-hybridized carbons (Fsp3) is 0.410. The number of hydrogen-bond donors (Lipinski definition) is 1. The highest BCUT2D eigenvalue weighted by molar-refractivity contribution is 7.98. The number of rotatable bonds is 9. The number of aromatic amines is 1. The lowest BCUT2D eigenvalue weighted by Crippen LogP contribution is -2.31. The molecule has 260 valence electrons. The topological polar surface area (TPSA) is 108 Å². The summed E-state index contributed by atoms with van der Waals surface area (Å²) in [6.07, 6.45) is 4.68. The van der Waals surface area contributed by atoms with Crippen molar-refractivity contribution >= 4 is 44.5 Å². The largest absolute Gasteiger partial charge is 0.330 e. The summed E-state index contributed by atoms with van der Waals surface area (Å²) in [5.41, 5.74) is 4.93. The van der Waals surface area contributed by atoms with Gasteiger partial charge in [-0.25, -0.2) is 14.8 Å². The van der Waals surface area contributed by atoms with Gasteiger partial charge in [-0.1, -0.05) is 94.4 Å². The summed E-state index contributed by atoms with van der Waals surface area (Å²) >= 11 is 3.11. The third-order valence-corrected chi connectivity index (χ3v) is 12.2. The predicted molar refractivity (Wildman–Crippen MR) is 204 cm³/mol. The van der Waals surface area contributed by atoms with Crippen molar-refractivity contribution in [3.8, 4) is 5.69 Å². The van der Waals surface area contributed by atoms with Crippen LogP contribution in [0.4, 0.5) is 0 Å². The SMILES string of the molecule is CCCCn1c(CSc2nc3sc4c(c3c(=O)n2-c2c(C)cccc2C)CCC(C(C)(C)C)C4)nc2c1c(=O)[nH]c(=O)n2Cc1ccccc1. The summed E-state index contributed by atoms with van der Waals surface area (Å²) in [7, 11) is 0. The van der Waals surface area contributed by atoms with Gasteiger partial charge in [0, 0.05) is 11.4 Å². The van der Waals surface area contributed by atoms with Gasteiger partial charge in [-0.05, 0) is 73.1 Å². The molecular weight excluding hydrogens is 665 g/mol. The fourth-order valence-electron chi connectivity index (χ4n) is 7.32. The summed E-state index contributed by atoms with van der Waals surface area (Å²) in [5, 5.41) is 1.34. The number of aryl methyl sites for hydroxylation is 4. The minimum Gasteiger partial charge on any atom is -0.321 e. The molecule has 4 heterocycles. The molecule has 2 aromatic carbocycles. The monoisotopic (exact) mass is 708 g/mol. The highest BCUT2D eigenvalue weighted by Crippen LogP contribution is 2.43. The van der Waals surface area contributed by atoms with Gasteiger partial charge in [0.05, 0.1) is 23.4 Å². The smallest absolute Gasteiger partial charge is 0.321 e. The van der Waals surface area contributed by atoms with Crippen LogP contribution in [-0.4, -0.2) is 28.7 Å². The van der Waals surface area contributed by atoms with Gasteiger partial charge in [-0.2, -0.15) is 0 Å². The second kappa shape index (κ2) is 13.5. The van der Waals surface area contributed by atoms with Crippen LogP contribution >= 0.6 is 23.1 Å². The van der Waals surface area contributed by atoms with Crippen molar-refractivity contribution in [2.45, 2.75) is 97.6 Å². The average Bonchev–Trinajstić information content (AvgIpc) is 3.63. The van der Waals surface area contributed by atoms with E-state index in [1.807, 2.05) is 66.9 Å². The summed E-state index contributed by atoms with van der Waals surface area (Å²) < 4.78 is 5.29. The van der Waals surface area contributed by atoms with Crippen LogP contribution in [0.1, 0.15) is 79.9 Å². The van der Waals surface area contributed by atoms with Gasteiger partial charge in [0.1, 0.15) is 10.7 Å². The van der Waals surface area contributed by atoms with Crippen molar-refractivity contribution < 1.29 is 0 Å². The molecule has 0 saturated heterocycles. The Bertz CT molecular complexity index is 2390. The van der Waals surface area contributed by atoms with E-state index in [1.165, 1.54) is 16.6 Å². The molecule has 1 N–H and O–H groups in total. The summed E-state index contributed by atoms with van der Waals surface area (Å²) in [6.45, 7) is 14.0. The first-order valence-electron chi connectivity index (χ1n) is 17.5. The molecule has 0 saturated carbocycles. The molecular formula is C39H44N6O3S2. The molecule has 1 aliphatic rings. The minimum atomic E-state index is -0.489. The number of H-pyrrole nitrogens is 1. The average molecular weight is 709 g/mol. The van der Waals surface area contributed by atoms with Crippen LogP contribution in [0, 0.1) is 25.2 Å². The Morgan fingerprint density at radius 2 is 1.72 bits per heavy atom. The number of nitrogens with one attached hydrogen (secondary N) is 1. The molecule has 0 spiro atoms. The Morgan fingerprint density at radius 3 is 2.42 bits per heavy atom. The number of aromatic nitrogens is 6. The first-order chi connectivity index (χ1) is 24.0. The van der Waals surface area contributed by atoms with E-state index in [9.17, 15) is 14.4 Å². The molecule has 6 aromatic rings. The number of imidazole rings is 1. The molecule has 0 aliphatic heterocycles. The number of thiophene rings is 1. The van der Waals surface area contributed by atoms with Crippen LogP contribution < -0.4 is 16.8 Å². The zero-order valence-corrected chi connectivity index (χ0v) is 31.3. The summed E-state index contributed by atoms with van der Waals surface area (Å²) in [4.78, 5) is 56.1. The van der Waals surface area contributed by atoms with Crippen LogP contribution in [0.25, 0.3) is 27.1 Å². The van der Waals surface area contributed by atoms with Crippen molar-refractivity contribution in [1.82, 2.24) is 28.7 Å². The first kappa shape index (κ1) is 34.2. The van der Waals surface area contributed by atoms with Crippen LogP contribution in [0.15, 0.2) is 68.1 Å². The van der Waals surface area contributed by atoms with Crippen molar-refractivity contribution in [2.24, 2.45) is 11.3 Å². The van der Waals surface area contributed by atoms with E-state index in [-0.39, 0.29) is 17.5 Å². The Kier molecular flexibility index (Phi) is 9.23. The molecule has 1 atom stereocenters. The number of nitrogens with zero attached hydrogens (tertiary/aromatic N) is 5. The van der Waals surface area contributed by atoms with E-state index in [1.54, 1.807) is 20.5 Å². The standard InChI is InChI=1S/C39H44N6O3S2/c1-7-8-19-43-29(40-33-32(43)34(46)41-37(48)44(33)21-25-15-10-9-11-16-25)22-49-38-42-35-30(27-18-17-26(39(4,5)6)20-28(27)50-35)36(47)45(38)31-23(2)13-12-14-24(31)3/h9-16,26H,7-8,17-22H2,1-6H3,(H,41,46,48). The van der Waals surface area contributed by atoms with E-state index in [2.05, 4.69) is 32.7 Å². The molecule has 0 radical (unpaired) electrons. The van der Waals surface area contributed by atoms with Crippen molar-refractivity contribution in [1.29, 1.82) is 0 Å². The highest BCUT2D eigenvalue weighted by Gasteiger charge is 2.33. The maximum Gasteiger partial charge on any atom is 0.330 e. The first-order valence-corrected chi connectivity index (χ1v) is 19.3. The number of hydrogen-bond acceptors (Lipinski definition) is 7. The van der Waals surface area contributed by atoms with Crippen LogP contribution in [0.3, 0.4) is 0 Å². The van der Waals surface area contributed by atoms with Crippen LogP contribution in [-0.2, 0) is 31.7 Å². The van der Waals surface area contributed by atoms with Gasteiger partial charge in [-0.3, -0.25) is 23.7 Å². The van der Waals surface area contributed by atoms with E-state index >= 15 is 0 Å². The number of unbranched alkanes of at least 4 members (excludes halogenated alkanes) is 1. The molecule has 0 bridgehead atoms. The maximum atomic E-state index is 14.7. The molecule has 0 amide bonds. The van der Waals surface area contributed by atoms with E-state index < -0.39 is 11.2 Å². The Labute approximate surface area is 299 Å². The predicted octanol–water partition coefficient (Wildman–Crippen LogP) is 7.56. The number of thioether (sulfide) groups is 1. The third-order valence-electron chi connectivity index (χ3n) is 10.2. The maximum absolute atomic E-state index is 14.7. The van der Waals surface area contributed by atoms with Gasteiger partial charge in [-0.15, -0.1) is 11.3 Å². The van der Waals surface area contributed by atoms with Gasteiger partial charge in [0.2, 0.25) is 0 Å². The minimum absolute atomic E-state index is 0.0331. The summed E-state index contributed by atoms with van der Waals surface area (Å²) in [5.74, 6) is 1.57. The normalized spacial score (nSPS) is 14.9. The third kappa shape index (κ3) is 6.19. The highest BCUT2D eigenvalue weighted by atomic mass is 32.2. The molecule has 50 heavy (non-hydrogen) atoms. The van der Waals surface area contributed by atoms with E-state index in [0.29, 0.717) is 40.4 Å². The zero-order valence-electron chi connectivity index (χ0n) is 29.6. The molecule has 11 heteroatoms. The van der Waals surface area contributed by atoms with Crippen molar-refractivity contribution in [2.75, 3.05) is 0 Å². The lowest BCUT2D eigenvalue weighted by molar-refractivity contribution is 0.218. The number of para-hydroxylation sites is 1. The summed E-state index contributed by atoms with van der Waals surface area (Å²) in [6, 6.07) is 15.8. The second-order valence-corrected chi connectivity index (χ2v) is 16.6. The van der Waals surface area contributed by atoms with E-state index in [0.717, 1.165) is 70.3 Å². The lowest BCUT2D eigenvalue weighted by atomic mass is 9.72. The molecule has 7 rings (SSSR count). The van der Waals surface area contributed by atoms with Crippen LogP contribution in [0.5, 0.6) is 0 Å². The Hall–Kier alpha value is -4.22. The molecule has 1 unspecified atom stereocenters. The fourth-order valence-corrected chi connectivity index (χ4v) is 9.61. The van der Waals surface area contributed by atoms with Gasteiger partial charge in [0.25, 0.3) is 11.1 Å². The van der Waals surface area contributed by atoms with Crippen molar-refractivity contribution in [3.63, 3.8) is 0 Å². The number of benzene rings is 2. The van der Waals surface area contributed by atoms with Gasteiger partial charge in [0.15, 0.2) is 16.3 Å². The van der Waals surface area contributed by atoms with Gasteiger partial charge >= 0.3 is 5.69 Å². The number of fused-ring (bicyclic) bond motifs is 4. The quantitative estimate of drug-likeness (QED) is 0.123. The molecule has 1 aliphatic carbocycles. The molecule has 9 nitrogen and oxygen atoms in total. The molecule has 4 aromatic heterocycles. The van der Waals surface area contributed by atoms with Crippen molar-refractivity contribution in [3.05, 3.63) is 113 Å². The Balaban J connectivity index is 1.37. The zero-order chi connectivity index (χ0) is 35.3. The molecule has 0 fully saturated rings. The van der Waals surface area contributed by atoms with E-state index in [4.69, 9.17) is 9.97 Å².